The van der Waals surface area contributed by atoms with Crippen LogP contribution in [0.4, 0.5) is 0 Å². The zero-order chi connectivity index (χ0) is 13.9. The highest BCUT2D eigenvalue weighted by molar-refractivity contribution is 6.30. The van der Waals surface area contributed by atoms with Crippen LogP contribution < -0.4 is 5.32 Å². The summed E-state index contributed by atoms with van der Waals surface area (Å²) in [5, 5.41) is 7.54. The zero-order valence-corrected chi connectivity index (χ0v) is 11.7. The van der Waals surface area contributed by atoms with E-state index in [0.29, 0.717) is 17.3 Å². The second kappa shape index (κ2) is 5.67. The van der Waals surface area contributed by atoms with Gasteiger partial charge in [-0.2, -0.15) is 0 Å². The minimum Gasteiger partial charge on any atom is -0.356 e. The standard InChI is InChI=1S/C15H15ClN2O2/c16-12-6-4-10(5-7-12)14-8-13(18-20-14)9-17-15(19)11-2-1-3-11/h4-8,11H,1-3,9H2,(H,17,19). The molecule has 1 aliphatic carbocycles. The SMILES string of the molecule is O=C(NCc1cc(-c2ccc(Cl)cc2)on1)C1CCC1. The van der Waals surface area contributed by atoms with Crippen LogP contribution in [0, 0.1) is 5.92 Å². The minimum atomic E-state index is 0.118. The molecule has 0 aliphatic heterocycles. The molecular weight excluding hydrogens is 276 g/mol. The van der Waals surface area contributed by atoms with Crippen molar-refractivity contribution in [2.75, 3.05) is 0 Å². The molecule has 2 aromatic rings. The molecule has 0 bridgehead atoms. The molecule has 1 N–H and O–H groups in total. The third kappa shape index (κ3) is 2.85. The number of nitrogens with one attached hydrogen (secondary N) is 1. The Morgan fingerprint density at radius 1 is 1.35 bits per heavy atom. The molecule has 0 unspecified atom stereocenters. The van der Waals surface area contributed by atoms with E-state index >= 15 is 0 Å². The van der Waals surface area contributed by atoms with Crippen LogP contribution in [0.1, 0.15) is 25.0 Å². The molecule has 0 atom stereocenters. The first-order valence-electron chi connectivity index (χ1n) is 6.71. The summed E-state index contributed by atoms with van der Waals surface area (Å²) in [7, 11) is 0. The fourth-order valence-electron chi connectivity index (χ4n) is 2.14. The normalized spacial score (nSPS) is 14.8. The van der Waals surface area contributed by atoms with Crippen LogP contribution in [0.15, 0.2) is 34.9 Å². The van der Waals surface area contributed by atoms with Crippen molar-refractivity contribution in [1.29, 1.82) is 0 Å². The number of amides is 1. The highest BCUT2D eigenvalue weighted by Crippen LogP contribution is 2.26. The number of hydrogen-bond acceptors (Lipinski definition) is 3. The molecule has 1 aromatic carbocycles. The smallest absolute Gasteiger partial charge is 0.223 e. The van der Waals surface area contributed by atoms with Crippen molar-refractivity contribution in [2.45, 2.75) is 25.8 Å². The second-order valence-electron chi connectivity index (χ2n) is 5.04. The maximum absolute atomic E-state index is 11.7. The molecule has 0 radical (unpaired) electrons. The van der Waals surface area contributed by atoms with Gasteiger partial charge in [-0.25, -0.2) is 0 Å². The van der Waals surface area contributed by atoms with Crippen molar-refractivity contribution >= 4 is 17.5 Å². The summed E-state index contributed by atoms with van der Waals surface area (Å²) in [6, 6.07) is 9.19. The maximum atomic E-state index is 11.7. The minimum absolute atomic E-state index is 0.118. The Kier molecular flexibility index (Phi) is 3.74. The van der Waals surface area contributed by atoms with Crippen molar-refractivity contribution in [3.8, 4) is 11.3 Å². The van der Waals surface area contributed by atoms with Gasteiger partial charge in [0.1, 0.15) is 5.69 Å². The number of carbonyl (C=O) groups excluding carboxylic acids is 1. The van der Waals surface area contributed by atoms with E-state index in [0.717, 1.165) is 30.5 Å². The molecule has 0 spiro atoms. The molecule has 20 heavy (non-hydrogen) atoms. The van der Waals surface area contributed by atoms with Crippen molar-refractivity contribution in [3.63, 3.8) is 0 Å². The number of rotatable bonds is 4. The average Bonchev–Trinajstić information content (AvgIpc) is 2.84. The van der Waals surface area contributed by atoms with Gasteiger partial charge in [-0.1, -0.05) is 23.2 Å². The van der Waals surface area contributed by atoms with Crippen LogP contribution >= 0.6 is 11.6 Å². The molecule has 1 amide bonds. The molecule has 104 valence electrons. The van der Waals surface area contributed by atoms with Gasteiger partial charge in [0.25, 0.3) is 0 Å². The molecule has 1 fully saturated rings. The molecule has 1 saturated carbocycles. The summed E-state index contributed by atoms with van der Waals surface area (Å²) >= 11 is 5.84. The monoisotopic (exact) mass is 290 g/mol. The number of carbonyl (C=O) groups is 1. The van der Waals surface area contributed by atoms with Crippen LogP contribution in [-0.2, 0) is 11.3 Å². The second-order valence-corrected chi connectivity index (χ2v) is 5.47. The summed E-state index contributed by atoms with van der Waals surface area (Å²) in [5.41, 5.74) is 1.64. The van der Waals surface area contributed by atoms with Crippen molar-refractivity contribution < 1.29 is 9.32 Å². The van der Waals surface area contributed by atoms with E-state index in [9.17, 15) is 4.79 Å². The largest absolute Gasteiger partial charge is 0.356 e. The first-order valence-corrected chi connectivity index (χ1v) is 7.09. The Bertz CT molecular complexity index is 603. The third-order valence-electron chi connectivity index (χ3n) is 3.61. The molecule has 1 aliphatic rings. The van der Waals surface area contributed by atoms with Gasteiger partial charge in [-0.3, -0.25) is 4.79 Å². The molecule has 3 rings (SSSR count). The highest BCUT2D eigenvalue weighted by Gasteiger charge is 2.24. The lowest BCUT2D eigenvalue weighted by Crippen LogP contribution is -2.34. The summed E-state index contributed by atoms with van der Waals surface area (Å²) in [5.74, 6) is 0.986. The van der Waals surface area contributed by atoms with Gasteiger partial charge in [0, 0.05) is 22.6 Å². The van der Waals surface area contributed by atoms with E-state index < -0.39 is 0 Å². The Morgan fingerprint density at radius 3 is 2.75 bits per heavy atom. The van der Waals surface area contributed by atoms with E-state index in [-0.39, 0.29) is 11.8 Å². The zero-order valence-electron chi connectivity index (χ0n) is 10.9. The van der Waals surface area contributed by atoms with Gasteiger partial charge in [-0.05, 0) is 37.1 Å². The number of benzene rings is 1. The van der Waals surface area contributed by atoms with Gasteiger partial charge in [0.2, 0.25) is 5.91 Å². The first kappa shape index (κ1) is 13.2. The Labute approximate surface area is 122 Å². The Hall–Kier alpha value is -1.81. The van der Waals surface area contributed by atoms with Crippen molar-refractivity contribution in [1.82, 2.24) is 10.5 Å². The van der Waals surface area contributed by atoms with Gasteiger partial charge in [-0.15, -0.1) is 0 Å². The number of hydrogen-bond donors (Lipinski definition) is 1. The summed E-state index contributed by atoms with van der Waals surface area (Å²) < 4.78 is 5.28. The molecule has 1 heterocycles. The van der Waals surface area contributed by atoms with E-state index in [2.05, 4.69) is 10.5 Å². The topological polar surface area (TPSA) is 55.1 Å². The van der Waals surface area contributed by atoms with Crippen LogP contribution in [0.25, 0.3) is 11.3 Å². The predicted molar refractivity (Wildman–Crippen MR) is 76.1 cm³/mol. The lowest BCUT2D eigenvalue weighted by molar-refractivity contribution is -0.127. The van der Waals surface area contributed by atoms with E-state index in [1.165, 1.54) is 0 Å². The molecule has 0 saturated heterocycles. The summed E-state index contributed by atoms with van der Waals surface area (Å²) in [6.07, 6.45) is 3.16. The highest BCUT2D eigenvalue weighted by atomic mass is 35.5. The molecule has 1 aromatic heterocycles. The number of nitrogens with zero attached hydrogens (tertiary/aromatic N) is 1. The van der Waals surface area contributed by atoms with Gasteiger partial charge >= 0.3 is 0 Å². The van der Waals surface area contributed by atoms with Crippen molar-refractivity contribution in [2.24, 2.45) is 5.92 Å². The lowest BCUT2D eigenvalue weighted by atomic mass is 9.85. The fraction of sp³-hybridized carbons (Fsp3) is 0.333. The Balaban J connectivity index is 1.61. The number of aromatic nitrogens is 1. The average molecular weight is 291 g/mol. The van der Waals surface area contributed by atoms with E-state index in [4.69, 9.17) is 16.1 Å². The molecule has 4 nitrogen and oxygen atoms in total. The van der Waals surface area contributed by atoms with Gasteiger partial charge in [0.05, 0.1) is 6.54 Å². The predicted octanol–water partition coefficient (Wildman–Crippen LogP) is 3.41. The molecule has 5 heteroatoms. The Morgan fingerprint density at radius 2 is 2.10 bits per heavy atom. The van der Waals surface area contributed by atoms with E-state index in [1.807, 2.05) is 18.2 Å². The summed E-state index contributed by atoms with van der Waals surface area (Å²) in [6.45, 7) is 0.409. The van der Waals surface area contributed by atoms with Crippen LogP contribution in [0.2, 0.25) is 5.02 Å². The van der Waals surface area contributed by atoms with E-state index in [1.54, 1.807) is 12.1 Å². The maximum Gasteiger partial charge on any atom is 0.223 e. The first-order chi connectivity index (χ1) is 9.72. The van der Waals surface area contributed by atoms with Gasteiger partial charge in [0.15, 0.2) is 5.76 Å². The van der Waals surface area contributed by atoms with Crippen molar-refractivity contribution in [3.05, 3.63) is 41.0 Å². The van der Waals surface area contributed by atoms with Crippen LogP contribution in [0.3, 0.4) is 0 Å². The molecular formula is C15H15ClN2O2. The quantitative estimate of drug-likeness (QED) is 0.939. The third-order valence-corrected chi connectivity index (χ3v) is 3.86. The van der Waals surface area contributed by atoms with Crippen LogP contribution in [0.5, 0.6) is 0 Å². The van der Waals surface area contributed by atoms with Crippen LogP contribution in [-0.4, -0.2) is 11.1 Å². The van der Waals surface area contributed by atoms with Gasteiger partial charge < -0.3 is 9.84 Å². The fourth-order valence-corrected chi connectivity index (χ4v) is 2.26. The lowest BCUT2D eigenvalue weighted by Gasteiger charge is -2.23. The number of halogens is 1. The summed E-state index contributed by atoms with van der Waals surface area (Å²) in [4.78, 5) is 11.7.